The molecule has 0 rings (SSSR count). The average molecular weight is 183 g/mol. The van der Waals surface area contributed by atoms with Gasteiger partial charge in [0.25, 0.3) is 0 Å². The Balaban J connectivity index is 0. The quantitative estimate of drug-likeness (QED) is 0.620. The highest BCUT2D eigenvalue weighted by Crippen LogP contribution is 2.15. The molecule has 2 atom stereocenters. The van der Waals surface area contributed by atoms with Crippen LogP contribution in [0.5, 0.6) is 0 Å². The molecule has 2 unspecified atom stereocenters. The number of hydrogen-bond donors (Lipinski definition) is 0. The molecule has 0 amide bonds. The molecule has 0 aromatic carbocycles. The second-order valence-corrected chi connectivity index (χ2v) is 3.50. The highest BCUT2D eigenvalue weighted by Gasteiger charge is 2.04. The smallest absolute Gasteiger partial charge is 0.0652 e. The Morgan fingerprint density at radius 1 is 1.08 bits per heavy atom. The van der Waals surface area contributed by atoms with Crippen molar-refractivity contribution in [2.45, 2.75) is 60.3 Å². The van der Waals surface area contributed by atoms with Gasteiger partial charge in [-0.15, -0.1) is 0 Å². The second-order valence-electron chi connectivity index (χ2n) is 3.50. The zero-order valence-electron chi connectivity index (χ0n) is 9.93. The zero-order chi connectivity index (χ0) is 10.7. The Hall–Kier alpha value is -0.510. The van der Waals surface area contributed by atoms with Gasteiger partial charge in [0.15, 0.2) is 0 Å². The van der Waals surface area contributed by atoms with Crippen LogP contribution in [-0.4, -0.2) is 0 Å². The molecule has 1 nitrogen and oxygen atoms in total. The lowest BCUT2D eigenvalue weighted by molar-refractivity contribution is 0.443. The molecule has 0 heterocycles. The summed E-state index contributed by atoms with van der Waals surface area (Å²) >= 11 is 0. The monoisotopic (exact) mass is 183 g/mol. The maximum atomic E-state index is 8.53. The van der Waals surface area contributed by atoms with E-state index < -0.39 is 0 Å². The molecule has 0 saturated heterocycles. The molecule has 0 aliphatic carbocycles. The van der Waals surface area contributed by atoms with Crippen LogP contribution in [0.1, 0.15) is 60.3 Å². The van der Waals surface area contributed by atoms with Crippen molar-refractivity contribution < 1.29 is 0 Å². The van der Waals surface area contributed by atoms with Crippen LogP contribution in [0.4, 0.5) is 0 Å². The minimum absolute atomic E-state index is 0.245. The Morgan fingerprint density at radius 2 is 1.62 bits per heavy atom. The summed E-state index contributed by atoms with van der Waals surface area (Å²) in [6, 6.07) is 2.26. The SMILES string of the molecule is CC.CCCC(C)CCC(C)C#N. The second kappa shape index (κ2) is 11.5. The van der Waals surface area contributed by atoms with E-state index in [9.17, 15) is 0 Å². The van der Waals surface area contributed by atoms with Crippen molar-refractivity contribution in [2.75, 3.05) is 0 Å². The molecule has 13 heavy (non-hydrogen) atoms. The molecule has 0 bridgehead atoms. The summed E-state index contributed by atoms with van der Waals surface area (Å²) in [5.74, 6) is 1.05. The molecule has 0 aromatic heterocycles. The summed E-state index contributed by atoms with van der Waals surface area (Å²) in [6.07, 6.45) is 4.85. The number of nitrogens with zero attached hydrogens (tertiary/aromatic N) is 1. The van der Waals surface area contributed by atoms with Crippen LogP contribution in [0.25, 0.3) is 0 Å². The minimum atomic E-state index is 0.245. The van der Waals surface area contributed by atoms with Crippen molar-refractivity contribution in [1.29, 1.82) is 5.26 Å². The molecule has 0 radical (unpaired) electrons. The van der Waals surface area contributed by atoms with Gasteiger partial charge in [-0.2, -0.15) is 5.26 Å². The summed E-state index contributed by atoms with van der Waals surface area (Å²) in [5.41, 5.74) is 0. The van der Waals surface area contributed by atoms with Gasteiger partial charge >= 0.3 is 0 Å². The van der Waals surface area contributed by atoms with Gasteiger partial charge in [0.05, 0.1) is 6.07 Å². The zero-order valence-corrected chi connectivity index (χ0v) is 9.93. The standard InChI is InChI=1S/C10H19N.C2H6/c1-4-5-9(2)6-7-10(3)8-11;1-2/h9-10H,4-7H2,1-3H3;1-2H3. The molecule has 0 aliphatic heterocycles. The molecule has 0 saturated carbocycles. The van der Waals surface area contributed by atoms with Crippen molar-refractivity contribution in [3.63, 3.8) is 0 Å². The Kier molecular flexibility index (Phi) is 13.2. The Labute approximate surface area is 84.2 Å². The van der Waals surface area contributed by atoms with Crippen molar-refractivity contribution >= 4 is 0 Å². The largest absolute Gasteiger partial charge is 0.198 e. The lowest BCUT2D eigenvalue weighted by atomic mass is 9.96. The normalized spacial score (nSPS) is 13.5. The van der Waals surface area contributed by atoms with E-state index in [1.54, 1.807) is 0 Å². The van der Waals surface area contributed by atoms with Gasteiger partial charge in [-0.3, -0.25) is 0 Å². The summed E-state index contributed by atoms with van der Waals surface area (Å²) in [6.45, 7) is 10.5. The third-order valence-electron chi connectivity index (χ3n) is 2.09. The van der Waals surface area contributed by atoms with Gasteiger partial charge in [0.1, 0.15) is 0 Å². The van der Waals surface area contributed by atoms with Gasteiger partial charge in [-0.05, 0) is 25.7 Å². The molecule has 1 heteroatoms. The minimum Gasteiger partial charge on any atom is -0.198 e. The predicted molar refractivity (Wildman–Crippen MR) is 59.4 cm³/mol. The van der Waals surface area contributed by atoms with Crippen molar-refractivity contribution in [3.8, 4) is 6.07 Å². The average Bonchev–Trinajstić information content (AvgIpc) is 2.18. The Morgan fingerprint density at radius 3 is 2.00 bits per heavy atom. The number of hydrogen-bond acceptors (Lipinski definition) is 1. The van der Waals surface area contributed by atoms with Gasteiger partial charge in [-0.1, -0.05) is 40.5 Å². The number of nitriles is 1. The van der Waals surface area contributed by atoms with Crippen molar-refractivity contribution in [2.24, 2.45) is 11.8 Å². The molecular weight excluding hydrogens is 158 g/mol. The molecule has 0 fully saturated rings. The maximum absolute atomic E-state index is 8.53. The fraction of sp³-hybridized carbons (Fsp3) is 0.917. The first kappa shape index (κ1) is 15.0. The van der Waals surface area contributed by atoms with E-state index in [0.29, 0.717) is 0 Å². The Bertz CT molecular complexity index is 124. The topological polar surface area (TPSA) is 23.8 Å². The van der Waals surface area contributed by atoms with Crippen LogP contribution < -0.4 is 0 Å². The van der Waals surface area contributed by atoms with Crippen LogP contribution in [0.2, 0.25) is 0 Å². The molecule has 0 aromatic rings. The summed E-state index contributed by atoms with van der Waals surface area (Å²) in [5, 5.41) is 8.53. The van der Waals surface area contributed by atoms with E-state index in [4.69, 9.17) is 5.26 Å². The highest BCUT2D eigenvalue weighted by atomic mass is 14.3. The predicted octanol–water partition coefficient (Wildman–Crippen LogP) is 4.39. The molecule has 0 aliphatic rings. The fourth-order valence-electron chi connectivity index (χ4n) is 1.24. The first-order chi connectivity index (χ1) is 6.20. The summed E-state index contributed by atoms with van der Waals surface area (Å²) in [4.78, 5) is 0. The third kappa shape index (κ3) is 11.5. The van der Waals surface area contributed by atoms with Crippen LogP contribution in [0, 0.1) is 23.2 Å². The number of rotatable bonds is 5. The fourth-order valence-corrected chi connectivity index (χ4v) is 1.24. The van der Waals surface area contributed by atoms with Crippen LogP contribution >= 0.6 is 0 Å². The summed E-state index contributed by atoms with van der Waals surface area (Å²) < 4.78 is 0. The highest BCUT2D eigenvalue weighted by molar-refractivity contribution is 4.78. The van der Waals surface area contributed by atoms with E-state index in [0.717, 1.165) is 12.3 Å². The van der Waals surface area contributed by atoms with Gasteiger partial charge in [0.2, 0.25) is 0 Å². The van der Waals surface area contributed by atoms with E-state index in [2.05, 4.69) is 19.9 Å². The van der Waals surface area contributed by atoms with Crippen molar-refractivity contribution in [3.05, 3.63) is 0 Å². The molecule has 78 valence electrons. The van der Waals surface area contributed by atoms with Crippen LogP contribution in [0.3, 0.4) is 0 Å². The first-order valence-electron chi connectivity index (χ1n) is 5.60. The van der Waals surface area contributed by atoms with E-state index >= 15 is 0 Å². The van der Waals surface area contributed by atoms with Crippen LogP contribution in [0.15, 0.2) is 0 Å². The van der Waals surface area contributed by atoms with Crippen molar-refractivity contribution in [1.82, 2.24) is 0 Å². The van der Waals surface area contributed by atoms with Crippen LogP contribution in [-0.2, 0) is 0 Å². The lowest BCUT2D eigenvalue weighted by Crippen LogP contribution is -1.97. The first-order valence-corrected chi connectivity index (χ1v) is 5.60. The van der Waals surface area contributed by atoms with Gasteiger partial charge in [-0.25, -0.2) is 0 Å². The van der Waals surface area contributed by atoms with Gasteiger partial charge in [0, 0.05) is 5.92 Å². The molecule has 0 spiro atoms. The van der Waals surface area contributed by atoms with Gasteiger partial charge < -0.3 is 0 Å². The lowest BCUT2D eigenvalue weighted by Gasteiger charge is -2.09. The molecule has 0 N–H and O–H groups in total. The van der Waals surface area contributed by atoms with E-state index in [1.165, 1.54) is 19.3 Å². The summed E-state index contributed by atoms with van der Waals surface area (Å²) in [7, 11) is 0. The van der Waals surface area contributed by atoms with E-state index in [1.807, 2.05) is 20.8 Å². The third-order valence-corrected chi connectivity index (χ3v) is 2.09. The van der Waals surface area contributed by atoms with E-state index in [-0.39, 0.29) is 5.92 Å². The maximum Gasteiger partial charge on any atom is 0.0652 e. The molecular formula is C12H25N.